The molecular formula is C16H11Cl3N4S. The lowest BCUT2D eigenvalue weighted by atomic mass is 10.1. The van der Waals surface area contributed by atoms with Crippen molar-refractivity contribution < 1.29 is 0 Å². The van der Waals surface area contributed by atoms with Crippen molar-refractivity contribution in [1.29, 1.82) is 0 Å². The van der Waals surface area contributed by atoms with E-state index in [1.807, 2.05) is 12.1 Å². The fourth-order valence-corrected chi connectivity index (χ4v) is 3.79. The second-order valence-corrected chi connectivity index (χ2v) is 6.94. The average Bonchev–Trinajstić information content (AvgIpc) is 2.53. The van der Waals surface area contributed by atoms with Gasteiger partial charge in [0.05, 0.1) is 15.7 Å². The third-order valence-corrected chi connectivity index (χ3v) is 4.86. The normalized spacial score (nSPS) is 10.8. The number of nitrogens with two attached hydrogens (primary N) is 1. The van der Waals surface area contributed by atoms with E-state index < -0.39 is 0 Å². The number of nitrogen functional groups attached to an aromatic ring is 1. The van der Waals surface area contributed by atoms with Crippen LogP contribution in [-0.4, -0.2) is 15.0 Å². The molecule has 0 aliphatic rings. The second-order valence-electron chi connectivity index (χ2n) is 4.79. The van der Waals surface area contributed by atoms with Crippen molar-refractivity contribution in [3.05, 3.63) is 63.4 Å². The van der Waals surface area contributed by atoms with Gasteiger partial charge >= 0.3 is 0 Å². The minimum absolute atomic E-state index is 0.311. The second kappa shape index (κ2) is 7.57. The van der Waals surface area contributed by atoms with Crippen molar-refractivity contribution in [2.75, 3.05) is 5.73 Å². The minimum Gasteiger partial charge on any atom is -0.384 e. The van der Waals surface area contributed by atoms with Gasteiger partial charge in [0, 0.05) is 23.6 Å². The van der Waals surface area contributed by atoms with Crippen LogP contribution in [0.1, 0.15) is 5.56 Å². The van der Waals surface area contributed by atoms with Gasteiger partial charge in [-0.1, -0.05) is 58.7 Å². The van der Waals surface area contributed by atoms with Gasteiger partial charge in [0.15, 0.2) is 5.16 Å². The SMILES string of the molecule is Nc1cc(Cl)nc(SCc2cccnc2-c2c(Cl)cccc2Cl)n1. The molecule has 0 aliphatic heterocycles. The Bertz CT molecular complexity index is 848. The highest BCUT2D eigenvalue weighted by molar-refractivity contribution is 7.98. The summed E-state index contributed by atoms with van der Waals surface area (Å²) in [5, 5.41) is 1.91. The molecule has 8 heteroatoms. The van der Waals surface area contributed by atoms with Crippen LogP contribution in [0.2, 0.25) is 15.2 Å². The molecule has 2 heterocycles. The van der Waals surface area contributed by atoms with Crippen LogP contribution in [0.3, 0.4) is 0 Å². The van der Waals surface area contributed by atoms with Crippen molar-refractivity contribution in [3.8, 4) is 11.3 Å². The van der Waals surface area contributed by atoms with Gasteiger partial charge in [0.1, 0.15) is 11.0 Å². The molecule has 1 aromatic carbocycles. The minimum atomic E-state index is 0.311. The molecule has 0 atom stereocenters. The Morgan fingerprint density at radius 3 is 2.46 bits per heavy atom. The van der Waals surface area contributed by atoms with E-state index in [2.05, 4.69) is 15.0 Å². The van der Waals surface area contributed by atoms with E-state index in [1.165, 1.54) is 17.8 Å². The van der Waals surface area contributed by atoms with Gasteiger partial charge in [-0.05, 0) is 23.8 Å². The first-order valence-electron chi connectivity index (χ1n) is 6.85. The first-order valence-corrected chi connectivity index (χ1v) is 8.97. The number of halogens is 3. The van der Waals surface area contributed by atoms with Crippen molar-refractivity contribution >= 4 is 52.4 Å². The van der Waals surface area contributed by atoms with Crippen LogP contribution in [0.5, 0.6) is 0 Å². The van der Waals surface area contributed by atoms with Crippen LogP contribution in [0.15, 0.2) is 47.8 Å². The highest BCUT2D eigenvalue weighted by Crippen LogP contribution is 2.36. The molecule has 2 aromatic heterocycles. The molecule has 0 fully saturated rings. The number of hydrogen-bond donors (Lipinski definition) is 1. The first kappa shape index (κ1) is 17.3. The predicted molar refractivity (Wildman–Crippen MR) is 101 cm³/mol. The zero-order chi connectivity index (χ0) is 17.1. The van der Waals surface area contributed by atoms with Gasteiger partial charge in [-0.3, -0.25) is 4.98 Å². The number of nitrogens with zero attached hydrogens (tertiary/aromatic N) is 3. The van der Waals surface area contributed by atoms with Crippen LogP contribution < -0.4 is 5.73 Å². The Kier molecular flexibility index (Phi) is 5.46. The average molecular weight is 398 g/mol. The Labute approximate surface area is 158 Å². The van der Waals surface area contributed by atoms with Crippen LogP contribution in [0.25, 0.3) is 11.3 Å². The summed E-state index contributed by atoms with van der Waals surface area (Å²) < 4.78 is 0. The molecule has 2 N–H and O–H groups in total. The van der Waals surface area contributed by atoms with Crippen LogP contribution in [0.4, 0.5) is 5.82 Å². The fourth-order valence-electron chi connectivity index (χ4n) is 2.12. The zero-order valence-corrected chi connectivity index (χ0v) is 15.3. The maximum absolute atomic E-state index is 6.30. The van der Waals surface area contributed by atoms with Gasteiger partial charge in [0.25, 0.3) is 0 Å². The molecule has 24 heavy (non-hydrogen) atoms. The lowest BCUT2D eigenvalue weighted by Crippen LogP contribution is -1.96. The number of rotatable bonds is 4. The van der Waals surface area contributed by atoms with Crippen molar-refractivity contribution in [1.82, 2.24) is 15.0 Å². The molecule has 0 saturated carbocycles. The lowest BCUT2D eigenvalue weighted by molar-refractivity contribution is 0.975. The smallest absolute Gasteiger partial charge is 0.191 e. The molecular weight excluding hydrogens is 387 g/mol. The van der Waals surface area contributed by atoms with E-state index in [0.717, 1.165) is 11.3 Å². The van der Waals surface area contributed by atoms with Gasteiger partial charge in [-0.25, -0.2) is 9.97 Å². The summed E-state index contributed by atoms with van der Waals surface area (Å²) >= 11 is 19.9. The van der Waals surface area contributed by atoms with Crippen molar-refractivity contribution in [2.45, 2.75) is 10.9 Å². The Morgan fingerprint density at radius 2 is 1.75 bits per heavy atom. The van der Waals surface area contributed by atoms with E-state index in [4.69, 9.17) is 40.5 Å². The molecule has 0 spiro atoms. The quantitative estimate of drug-likeness (QED) is 0.364. The Hall–Kier alpha value is -1.53. The van der Waals surface area contributed by atoms with Crippen LogP contribution >= 0.6 is 46.6 Å². The molecule has 3 aromatic rings. The maximum Gasteiger partial charge on any atom is 0.191 e. The fraction of sp³-hybridized carbons (Fsp3) is 0.0625. The largest absolute Gasteiger partial charge is 0.384 e. The predicted octanol–water partition coefficient (Wildman–Crippen LogP) is 5.37. The van der Waals surface area contributed by atoms with E-state index >= 15 is 0 Å². The van der Waals surface area contributed by atoms with E-state index in [9.17, 15) is 0 Å². The summed E-state index contributed by atoms with van der Waals surface area (Å²) in [6.07, 6.45) is 1.71. The van der Waals surface area contributed by atoms with Crippen molar-refractivity contribution in [2.24, 2.45) is 0 Å². The number of thioether (sulfide) groups is 1. The topological polar surface area (TPSA) is 64.7 Å². The van der Waals surface area contributed by atoms with Gasteiger partial charge in [0.2, 0.25) is 0 Å². The molecule has 4 nitrogen and oxygen atoms in total. The van der Waals surface area contributed by atoms with Gasteiger partial charge in [-0.2, -0.15) is 0 Å². The summed E-state index contributed by atoms with van der Waals surface area (Å²) in [5.41, 5.74) is 8.09. The molecule has 0 bridgehead atoms. The summed E-state index contributed by atoms with van der Waals surface area (Å²) in [4.78, 5) is 12.8. The van der Waals surface area contributed by atoms with Crippen LogP contribution in [-0.2, 0) is 5.75 Å². The zero-order valence-electron chi connectivity index (χ0n) is 12.2. The standard InChI is InChI=1S/C16H11Cl3N4S/c17-10-4-1-5-11(18)14(10)15-9(3-2-6-21-15)8-24-16-22-12(19)7-13(20)23-16/h1-7H,8H2,(H2,20,22,23). The highest BCUT2D eigenvalue weighted by Gasteiger charge is 2.14. The molecule has 0 amide bonds. The Balaban J connectivity index is 1.93. The van der Waals surface area contributed by atoms with E-state index in [1.54, 1.807) is 24.4 Å². The number of benzene rings is 1. The maximum atomic E-state index is 6.30. The number of aromatic nitrogens is 3. The number of pyridine rings is 1. The Morgan fingerprint density at radius 1 is 1.00 bits per heavy atom. The summed E-state index contributed by atoms with van der Waals surface area (Å²) in [6, 6.07) is 10.7. The molecule has 0 radical (unpaired) electrons. The number of hydrogen-bond acceptors (Lipinski definition) is 5. The molecule has 0 aliphatic carbocycles. The monoisotopic (exact) mass is 396 g/mol. The molecule has 122 valence electrons. The van der Waals surface area contributed by atoms with Gasteiger partial charge < -0.3 is 5.73 Å². The lowest BCUT2D eigenvalue weighted by Gasteiger charge is -2.11. The summed E-state index contributed by atoms with van der Waals surface area (Å²) in [6.45, 7) is 0. The van der Waals surface area contributed by atoms with Crippen LogP contribution in [0, 0.1) is 0 Å². The van der Waals surface area contributed by atoms with E-state index in [-0.39, 0.29) is 0 Å². The first-order chi connectivity index (χ1) is 11.5. The number of anilines is 1. The third kappa shape index (κ3) is 3.92. The molecule has 0 unspecified atom stereocenters. The third-order valence-electron chi connectivity index (χ3n) is 3.14. The molecule has 3 rings (SSSR count). The molecule has 0 saturated heterocycles. The summed E-state index contributed by atoms with van der Waals surface area (Å²) in [7, 11) is 0. The van der Waals surface area contributed by atoms with Crippen molar-refractivity contribution in [3.63, 3.8) is 0 Å². The van der Waals surface area contributed by atoms with Gasteiger partial charge in [-0.15, -0.1) is 0 Å². The summed E-state index contributed by atoms with van der Waals surface area (Å²) in [5.74, 6) is 0.905. The highest BCUT2D eigenvalue weighted by atomic mass is 35.5. The van der Waals surface area contributed by atoms with E-state index in [0.29, 0.717) is 37.5 Å².